The van der Waals surface area contributed by atoms with Crippen molar-refractivity contribution in [1.82, 2.24) is 0 Å². The van der Waals surface area contributed by atoms with E-state index in [2.05, 4.69) is 0 Å². The minimum Gasteiger partial charge on any atom is -0.496 e. The molecule has 0 fully saturated rings. The monoisotopic (exact) mass is 274 g/mol. The molecule has 0 aliphatic heterocycles. The summed E-state index contributed by atoms with van der Waals surface area (Å²) in [6.07, 6.45) is 0.582. The summed E-state index contributed by atoms with van der Waals surface area (Å²) in [6.45, 7) is 0. The van der Waals surface area contributed by atoms with E-state index in [1.54, 1.807) is 6.07 Å². The lowest BCUT2D eigenvalue weighted by molar-refractivity contribution is -0.136. The van der Waals surface area contributed by atoms with Crippen LogP contribution in [0.2, 0.25) is 0 Å². The van der Waals surface area contributed by atoms with Gasteiger partial charge in [-0.3, -0.25) is 4.79 Å². The Morgan fingerprint density at radius 3 is 2.50 bits per heavy atom. The third-order valence-corrected chi connectivity index (χ3v) is 3.05. The quantitative estimate of drug-likeness (QED) is 0.907. The lowest BCUT2D eigenvalue weighted by Gasteiger charge is -2.09. The largest absolute Gasteiger partial charge is 0.496 e. The zero-order chi connectivity index (χ0) is 14.5. The number of methoxy groups -OCH3 is 1. The van der Waals surface area contributed by atoms with E-state index in [1.165, 1.54) is 19.2 Å². The van der Waals surface area contributed by atoms with Crippen molar-refractivity contribution in [2.24, 2.45) is 0 Å². The van der Waals surface area contributed by atoms with E-state index < -0.39 is 5.97 Å². The molecule has 0 aliphatic carbocycles. The van der Waals surface area contributed by atoms with E-state index in [4.69, 9.17) is 9.84 Å². The highest BCUT2D eigenvalue weighted by atomic mass is 19.1. The van der Waals surface area contributed by atoms with Crippen LogP contribution in [0.5, 0.6) is 5.75 Å². The summed E-state index contributed by atoms with van der Waals surface area (Å²) in [5.41, 5.74) is 2.45. The molecular formula is C16H15FO3. The zero-order valence-corrected chi connectivity index (χ0v) is 11.1. The molecule has 0 radical (unpaired) electrons. The number of aryl methyl sites for hydroxylation is 1. The fourth-order valence-electron chi connectivity index (χ4n) is 2.01. The van der Waals surface area contributed by atoms with Crippen LogP contribution in [0.1, 0.15) is 12.0 Å². The predicted molar refractivity (Wildman–Crippen MR) is 74.3 cm³/mol. The van der Waals surface area contributed by atoms with Gasteiger partial charge < -0.3 is 9.84 Å². The first kappa shape index (κ1) is 14.1. The van der Waals surface area contributed by atoms with Gasteiger partial charge in [-0.2, -0.15) is 0 Å². The highest BCUT2D eigenvalue weighted by Gasteiger charge is 2.07. The number of hydrogen-bond acceptors (Lipinski definition) is 2. The fourth-order valence-corrected chi connectivity index (χ4v) is 2.01. The Morgan fingerprint density at radius 1 is 1.20 bits per heavy atom. The molecule has 0 aliphatic rings. The van der Waals surface area contributed by atoms with Crippen molar-refractivity contribution in [1.29, 1.82) is 0 Å². The Kier molecular flexibility index (Phi) is 4.35. The van der Waals surface area contributed by atoms with Crippen molar-refractivity contribution in [3.63, 3.8) is 0 Å². The van der Waals surface area contributed by atoms with E-state index in [0.29, 0.717) is 17.7 Å². The van der Waals surface area contributed by atoms with Crippen molar-refractivity contribution >= 4 is 5.97 Å². The third kappa shape index (κ3) is 3.35. The van der Waals surface area contributed by atoms with Crippen LogP contribution in [0.15, 0.2) is 42.5 Å². The number of hydrogen-bond donors (Lipinski definition) is 1. The van der Waals surface area contributed by atoms with Gasteiger partial charge in [0.1, 0.15) is 11.6 Å². The van der Waals surface area contributed by atoms with Gasteiger partial charge in [-0.25, -0.2) is 4.39 Å². The van der Waals surface area contributed by atoms with Crippen LogP contribution in [-0.2, 0) is 11.2 Å². The number of aliphatic carboxylic acids is 1. The van der Waals surface area contributed by atoms with Crippen LogP contribution in [0, 0.1) is 5.82 Å². The van der Waals surface area contributed by atoms with Crippen molar-refractivity contribution in [2.45, 2.75) is 12.8 Å². The molecule has 104 valence electrons. The Morgan fingerprint density at radius 2 is 1.90 bits per heavy atom. The summed E-state index contributed by atoms with van der Waals surface area (Å²) in [7, 11) is 1.54. The standard InChI is InChI=1S/C16H15FO3/c1-20-15-8-7-13(17)10-14(15)12-5-2-11(3-6-12)4-9-16(18)19/h2-3,5-8,10H,4,9H2,1H3,(H,18,19). The smallest absolute Gasteiger partial charge is 0.303 e. The summed E-state index contributed by atoms with van der Waals surface area (Å²) < 4.78 is 18.6. The normalized spacial score (nSPS) is 10.3. The van der Waals surface area contributed by atoms with Gasteiger partial charge in [0.2, 0.25) is 0 Å². The van der Waals surface area contributed by atoms with Gasteiger partial charge in [-0.1, -0.05) is 24.3 Å². The van der Waals surface area contributed by atoms with Gasteiger partial charge in [0, 0.05) is 12.0 Å². The number of carboxylic acid groups (broad SMARTS) is 1. The van der Waals surface area contributed by atoms with Crippen LogP contribution in [-0.4, -0.2) is 18.2 Å². The third-order valence-electron chi connectivity index (χ3n) is 3.05. The second-order valence-corrected chi connectivity index (χ2v) is 4.44. The second kappa shape index (κ2) is 6.19. The number of carboxylic acids is 1. The minimum absolute atomic E-state index is 0.0998. The first-order valence-corrected chi connectivity index (χ1v) is 6.25. The molecule has 2 aromatic carbocycles. The lowest BCUT2D eigenvalue weighted by atomic mass is 10.0. The van der Waals surface area contributed by atoms with Crippen LogP contribution in [0.4, 0.5) is 4.39 Å². The van der Waals surface area contributed by atoms with E-state index in [1.807, 2.05) is 24.3 Å². The Bertz CT molecular complexity index is 606. The van der Waals surface area contributed by atoms with Gasteiger partial charge in [-0.15, -0.1) is 0 Å². The molecule has 0 aromatic heterocycles. The van der Waals surface area contributed by atoms with Gasteiger partial charge in [-0.05, 0) is 35.7 Å². The average molecular weight is 274 g/mol. The van der Waals surface area contributed by atoms with Gasteiger partial charge in [0.05, 0.1) is 7.11 Å². The number of carbonyl (C=O) groups is 1. The molecule has 20 heavy (non-hydrogen) atoms. The topological polar surface area (TPSA) is 46.5 Å². The van der Waals surface area contributed by atoms with E-state index in [-0.39, 0.29) is 12.2 Å². The molecule has 1 N–H and O–H groups in total. The molecule has 4 heteroatoms. The van der Waals surface area contributed by atoms with Crippen LogP contribution in [0.25, 0.3) is 11.1 Å². The lowest BCUT2D eigenvalue weighted by Crippen LogP contribution is -1.97. The maximum absolute atomic E-state index is 13.3. The van der Waals surface area contributed by atoms with Crippen LogP contribution >= 0.6 is 0 Å². The highest BCUT2D eigenvalue weighted by Crippen LogP contribution is 2.30. The number of ether oxygens (including phenoxy) is 1. The van der Waals surface area contributed by atoms with E-state index in [0.717, 1.165) is 11.1 Å². The van der Waals surface area contributed by atoms with Crippen molar-refractivity contribution in [3.8, 4) is 16.9 Å². The summed E-state index contributed by atoms with van der Waals surface area (Å²) in [4.78, 5) is 10.5. The summed E-state index contributed by atoms with van der Waals surface area (Å²) in [5.74, 6) is -0.540. The van der Waals surface area contributed by atoms with Crippen molar-refractivity contribution < 1.29 is 19.0 Å². The van der Waals surface area contributed by atoms with Crippen molar-refractivity contribution in [2.75, 3.05) is 7.11 Å². The second-order valence-electron chi connectivity index (χ2n) is 4.44. The van der Waals surface area contributed by atoms with E-state index in [9.17, 15) is 9.18 Å². The van der Waals surface area contributed by atoms with Gasteiger partial charge in [0.25, 0.3) is 0 Å². The Labute approximate surface area is 116 Å². The molecule has 0 unspecified atom stereocenters. The fraction of sp³-hybridized carbons (Fsp3) is 0.188. The molecule has 2 rings (SSSR count). The van der Waals surface area contributed by atoms with Crippen LogP contribution in [0.3, 0.4) is 0 Å². The number of benzene rings is 2. The zero-order valence-electron chi connectivity index (χ0n) is 11.1. The minimum atomic E-state index is -0.819. The first-order chi connectivity index (χ1) is 9.60. The molecular weight excluding hydrogens is 259 g/mol. The Hall–Kier alpha value is -2.36. The molecule has 0 bridgehead atoms. The number of halogens is 1. The summed E-state index contributed by atoms with van der Waals surface area (Å²) in [5, 5.41) is 8.65. The first-order valence-electron chi connectivity index (χ1n) is 6.25. The molecule has 0 saturated heterocycles. The summed E-state index contributed by atoms with van der Waals surface area (Å²) in [6, 6.07) is 11.7. The van der Waals surface area contributed by atoms with Gasteiger partial charge in [0.15, 0.2) is 0 Å². The molecule has 0 atom stereocenters. The van der Waals surface area contributed by atoms with E-state index >= 15 is 0 Å². The molecule has 3 nitrogen and oxygen atoms in total. The van der Waals surface area contributed by atoms with Crippen LogP contribution < -0.4 is 4.74 Å². The van der Waals surface area contributed by atoms with Gasteiger partial charge >= 0.3 is 5.97 Å². The summed E-state index contributed by atoms with van der Waals surface area (Å²) >= 11 is 0. The number of rotatable bonds is 5. The van der Waals surface area contributed by atoms with Crippen molar-refractivity contribution in [3.05, 3.63) is 53.8 Å². The molecule has 0 spiro atoms. The predicted octanol–water partition coefficient (Wildman–Crippen LogP) is 3.52. The molecule has 0 saturated carbocycles. The maximum atomic E-state index is 13.3. The maximum Gasteiger partial charge on any atom is 0.303 e. The Balaban J connectivity index is 2.25. The average Bonchev–Trinajstić information content (AvgIpc) is 2.45. The SMILES string of the molecule is COc1ccc(F)cc1-c1ccc(CCC(=O)O)cc1. The molecule has 0 heterocycles. The highest BCUT2D eigenvalue weighted by molar-refractivity contribution is 5.71. The molecule has 2 aromatic rings. The molecule has 0 amide bonds.